The summed E-state index contributed by atoms with van der Waals surface area (Å²) in [4.78, 5) is 14.1. The summed E-state index contributed by atoms with van der Waals surface area (Å²) in [6, 6.07) is 7.37. The Morgan fingerprint density at radius 3 is 2.88 bits per heavy atom. The minimum absolute atomic E-state index is 0.122. The van der Waals surface area contributed by atoms with Crippen LogP contribution in [0.1, 0.15) is 0 Å². The lowest BCUT2D eigenvalue weighted by molar-refractivity contribution is -0.119. The van der Waals surface area contributed by atoms with Gasteiger partial charge in [0.15, 0.2) is 5.11 Å². The third kappa shape index (κ3) is 7.55. The fraction of sp³-hybridized carbons (Fsp3) is 0.500. The average molecular weight is 367 g/mol. The van der Waals surface area contributed by atoms with Gasteiger partial charge in [-0.15, -0.1) is 0 Å². The van der Waals surface area contributed by atoms with Crippen LogP contribution >= 0.6 is 12.2 Å². The maximum absolute atomic E-state index is 11.8. The maximum atomic E-state index is 11.8. The molecule has 1 aliphatic rings. The van der Waals surface area contributed by atoms with Gasteiger partial charge in [-0.25, -0.2) is 0 Å². The molecule has 1 aliphatic heterocycles. The Hall–Kier alpha value is -2.10. The molecule has 1 amide bonds. The normalized spacial score (nSPS) is 14.4. The van der Waals surface area contributed by atoms with E-state index in [0.717, 1.165) is 44.3 Å². The fourth-order valence-corrected chi connectivity index (χ4v) is 2.44. The Morgan fingerprint density at radius 1 is 1.32 bits per heavy atom. The van der Waals surface area contributed by atoms with Crippen LogP contribution in [-0.4, -0.2) is 69.0 Å². The molecule has 1 heterocycles. The van der Waals surface area contributed by atoms with E-state index in [4.69, 9.17) is 21.7 Å². The van der Waals surface area contributed by atoms with Gasteiger partial charge in [-0.1, -0.05) is 6.07 Å². The number of amides is 1. The van der Waals surface area contributed by atoms with Gasteiger partial charge in [0.1, 0.15) is 5.75 Å². The summed E-state index contributed by atoms with van der Waals surface area (Å²) in [7, 11) is 1.60. The second-order valence-corrected chi connectivity index (χ2v) is 5.88. The predicted molar refractivity (Wildman–Crippen MR) is 101 cm³/mol. The van der Waals surface area contributed by atoms with Crippen LogP contribution in [0.25, 0.3) is 0 Å². The number of carbonyl (C=O) groups excluding carboxylic acids is 1. The second-order valence-electron chi connectivity index (χ2n) is 5.47. The van der Waals surface area contributed by atoms with E-state index in [9.17, 15) is 4.79 Å². The van der Waals surface area contributed by atoms with Crippen LogP contribution in [0, 0.1) is 0 Å². The molecule has 1 fully saturated rings. The number of hydrazine groups is 1. The number of hydrogen-bond donors (Lipinski definition) is 4. The first-order valence-corrected chi connectivity index (χ1v) is 8.59. The SMILES string of the molecule is COc1cccc(NCC(=O)NNC(=S)NCCN2CCOCC2)c1. The van der Waals surface area contributed by atoms with E-state index in [-0.39, 0.29) is 12.5 Å². The van der Waals surface area contributed by atoms with Crippen molar-refractivity contribution in [3.05, 3.63) is 24.3 Å². The molecule has 9 heteroatoms. The first-order chi connectivity index (χ1) is 12.2. The number of anilines is 1. The van der Waals surface area contributed by atoms with Crippen molar-refractivity contribution in [2.24, 2.45) is 0 Å². The van der Waals surface area contributed by atoms with Crippen molar-refractivity contribution in [3.8, 4) is 5.75 Å². The van der Waals surface area contributed by atoms with Gasteiger partial charge >= 0.3 is 0 Å². The number of thiocarbonyl (C=S) groups is 1. The highest BCUT2D eigenvalue weighted by atomic mass is 32.1. The first kappa shape index (κ1) is 19.2. The Labute approximate surface area is 153 Å². The molecule has 4 N–H and O–H groups in total. The first-order valence-electron chi connectivity index (χ1n) is 8.18. The van der Waals surface area contributed by atoms with Gasteiger partial charge in [0, 0.05) is 37.9 Å². The molecule has 8 nitrogen and oxygen atoms in total. The highest BCUT2D eigenvalue weighted by molar-refractivity contribution is 7.80. The van der Waals surface area contributed by atoms with Crippen LogP contribution in [0.5, 0.6) is 5.75 Å². The van der Waals surface area contributed by atoms with Gasteiger partial charge in [0.25, 0.3) is 5.91 Å². The molecule has 0 saturated carbocycles. The van der Waals surface area contributed by atoms with Crippen LogP contribution in [0.3, 0.4) is 0 Å². The number of ether oxygens (including phenoxy) is 2. The van der Waals surface area contributed by atoms with Gasteiger partial charge < -0.3 is 20.1 Å². The predicted octanol–water partition coefficient (Wildman–Crippen LogP) is -0.0654. The molecule has 2 rings (SSSR count). The maximum Gasteiger partial charge on any atom is 0.257 e. The van der Waals surface area contributed by atoms with E-state index in [1.54, 1.807) is 7.11 Å². The van der Waals surface area contributed by atoms with Gasteiger partial charge in [-0.3, -0.25) is 20.5 Å². The standard InChI is InChI=1S/C16H25N5O3S/c1-23-14-4-2-3-13(11-14)18-12-15(22)19-20-16(25)17-5-6-21-7-9-24-10-8-21/h2-4,11,18H,5-10,12H2,1H3,(H,19,22)(H2,17,20,25). The Balaban J connectivity index is 1.56. The van der Waals surface area contributed by atoms with Crippen LogP contribution in [0.4, 0.5) is 5.69 Å². The molecular formula is C16H25N5O3S. The molecular weight excluding hydrogens is 342 g/mol. The zero-order chi connectivity index (χ0) is 17.9. The zero-order valence-corrected chi connectivity index (χ0v) is 15.2. The third-order valence-corrected chi connectivity index (χ3v) is 3.90. The summed E-state index contributed by atoms with van der Waals surface area (Å²) in [6.07, 6.45) is 0. The zero-order valence-electron chi connectivity index (χ0n) is 14.3. The van der Waals surface area contributed by atoms with Crippen LogP contribution in [-0.2, 0) is 9.53 Å². The van der Waals surface area contributed by atoms with E-state index >= 15 is 0 Å². The fourth-order valence-electron chi connectivity index (χ4n) is 2.28. The number of nitrogens with one attached hydrogen (secondary N) is 4. The second kappa shape index (κ2) is 10.7. The number of morpholine rings is 1. The number of nitrogens with zero attached hydrogens (tertiary/aromatic N) is 1. The number of methoxy groups -OCH3 is 1. The number of rotatable bonds is 7. The van der Waals surface area contributed by atoms with Crippen molar-refractivity contribution in [2.45, 2.75) is 0 Å². The van der Waals surface area contributed by atoms with Crippen molar-refractivity contribution in [1.29, 1.82) is 0 Å². The molecule has 0 atom stereocenters. The number of carbonyl (C=O) groups is 1. The highest BCUT2D eigenvalue weighted by Crippen LogP contribution is 2.16. The molecule has 25 heavy (non-hydrogen) atoms. The number of hydrogen-bond acceptors (Lipinski definition) is 6. The van der Waals surface area contributed by atoms with Gasteiger partial charge in [0.05, 0.1) is 26.9 Å². The lowest BCUT2D eigenvalue weighted by Gasteiger charge is -2.26. The molecule has 1 aromatic carbocycles. The van der Waals surface area contributed by atoms with E-state index in [1.807, 2.05) is 24.3 Å². The lowest BCUT2D eigenvalue weighted by Crippen LogP contribution is -2.50. The summed E-state index contributed by atoms with van der Waals surface area (Å²) >= 11 is 5.13. The Morgan fingerprint density at radius 2 is 2.12 bits per heavy atom. The lowest BCUT2D eigenvalue weighted by atomic mass is 10.3. The molecule has 0 radical (unpaired) electrons. The Kier molecular flexibility index (Phi) is 8.23. The number of benzene rings is 1. The molecule has 138 valence electrons. The molecule has 0 bridgehead atoms. The molecule has 0 spiro atoms. The quantitative estimate of drug-likeness (QED) is 0.394. The molecule has 0 unspecified atom stereocenters. The summed E-state index contributed by atoms with van der Waals surface area (Å²) in [6.45, 7) is 5.15. The molecule has 0 aliphatic carbocycles. The van der Waals surface area contributed by atoms with E-state index in [1.165, 1.54) is 0 Å². The van der Waals surface area contributed by atoms with Crippen LogP contribution < -0.4 is 26.2 Å². The minimum Gasteiger partial charge on any atom is -0.497 e. The smallest absolute Gasteiger partial charge is 0.257 e. The molecule has 1 saturated heterocycles. The summed E-state index contributed by atoms with van der Waals surface area (Å²) in [5, 5.41) is 6.47. The largest absolute Gasteiger partial charge is 0.497 e. The van der Waals surface area contributed by atoms with Gasteiger partial charge in [0.2, 0.25) is 0 Å². The van der Waals surface area contributed by atoms with Gasteiger partial charge in [-0.05, 0) is 24.4 Å². The minimum atomic E-state index is -0.222. The summed E-state index contributed by atoms with van der Waals surface area (Å²) < 4.78 is 10.4. The van der Waals surface area contributed by atoms with Crippen molar-refractivity contribution >= 4 is 28.9 Å². The van der Waals surface area contributed by atoms with Crippen molar-refractivity contribution < 1.29 is 14.3 Å². The van der Waals surface area contributed by atoms with Gasteiger partial charge in [-0.2, -0.15) is 0 Å². The monoisotopic (exact) mass is 367 g/mol. The van der Waals surface area contributed by atoms with Crippen molar-refractivity contribution in [2.75, 3.05) is 58.4 Å². The van der Waals surface area contributed by atoms with E-state index in [0.29, 0.717) is 11.7 Å². The highest BCUT2D eigenvalue weighted by Gasteiger charge is 2.09. The van der Waals surface area contributed by atoms with Crippen LogP contribution in [0.2, 0.25) is 0 Å². The topological polar surface area (TPSA) is 86.9 Å². The average Bonchev–Trinajstić information content (AvgIpc) is 2.65. The Bertz CT molecular complexity index is 566. The van der Waals surface area contributed by atoms with E-state index < -0.39 is 0 Å². The third-order valence-electron chi connectivity index (χ3n) is 3.66. The summed E-state index contributed by atoms with van der Waals surface area (Å²) in [5.41, 5.74) is 6.05. The summed E-state index contributed by atoms with van der Waals surface area (Å²) in [5.74, 6) is 0.509. The van der Waals surface area contributed by atoms with Crippen molar-refractivity contribution in [3.63, 3.8) is 0 Å². The molecule has 0 aromatic heterocycles. The van der Waals surface area contributed by atoms with E-state index in [2.05, 4.69) is 26.4 Å². The van der Waals surface area contributed by atoms with Crippen LogP contribution in [0.15, 0.2) is 24.3 Å². The molecule has 1 aromatic rings. The van der Waals surface area contributed by atoms with Crippen molar-refractivity contribution in [1.82, 2.24) is 21.1 Å².